The number of alkyl halides is 2. The molecule has 0 aliphatic heterocycles. The van der Waals surface area contributed by atoms with Crippen molar-refractivity contribution in [1.29, 1.82) is 0 Å². The van der Waals surface area contributed by atoms with Gasteiger partial charge in [0, 0.05) is 0 Å². The van der Waals surface area contributed by atoms with Gasteiger partial charge in [0.2, 0.25) is 0 Å². The second kappa shape index (κ2) is 5.50. The third-order valence-electron chi connectivity index (χ3n) is 2.76. The minimum Gasteiger partial charge on any atom is -0.330 e. The summed E-state index contributed by atoms with van der Waals surface area (Å²) >= 11 is 0. The molecule has 1 rings (SSSR count). The fourth-order valence-electron chi connectivity index (χ4n) is 1.84. The molecule has 0 bridgehead atoms. The van der Waals surface area contributed by atoms with E-state index in [0.29, 0.717) is 11.8 Å². The van der Waals surface area contributed by atoms with Crippen LogP contribution in [0.1, 0.15) is 25.7 Å². The molecule has 1 fully saturated rings. The summed E-state index contributed by atoms with van der Waals surface area (Å²) in [5.74, 6) is 0.916. The zero-order valence-electron chi connectivity index (χ0n) is 7.72. The largest absolute Gasteiger partial charge is 0.345 e. The van der Waals surface area contributed by atoms with E-state index in [1.807, 2.05) is 0 Å². The summed E-state index contributed by atoms with van der Waals surface area (Å²) in [5.41, 5.74) is 5.52. The molecule has 0 aromatic rings. The van der Waals surface area contributed by atoms with Gasteiger partial charge in [-0.05, 0) is 44.1 Å². The van der Waals surface area contributed by atoms with E-state index in [1.165, 1.54) is 0 Å². The molecule has 13 heavy (non-hydrogen) atoms. The number of halogens is 2. The zero-order chi connectivity index (χ0) is 9.68. The molecule has 0 aromatic carbocycles. The summed E-state index contributed by atoms with van der Waals surface area (Å²) in [6.45, 7) is -1.69. The Hall–Kier alpha value is -0.220. The van der Waals surface area contributed by atoms with Crippen LogP contribution in [0.3, 0.4) is 0 Å². The molecular weight excluding hydrogens is 176 g/mol. The van der Waals surface area contributed by atoms with Crippen LogP contribution in [0.15, 0.2) is 0 Å². The van der Waals surface area contributed by atoms with E-state index in [9.17, 15) is 8.78 Å². The first-order chi connectivity index (χ1) is 6.22. The van der Waals surface area contributed by atoms with Gasteiger partial charge >= 0.3 is 6.61 Å². The van der Waals surface area contributed by atoms with Gasteiger partial charge in [-0.3, -0.25) is 0 Å². The topological polar surface area (TPSA) is 35.2 Å². The fourth-order valence-corrected chi connectivity index (χ4v) is 1.84. The summed E-state index contributed by atoms with van der Waals surface area (Å²) in [5, 5.41) is 0. The minimum atomic E-state index is -2.62. The SMILES string of the molecule is NCC1CCC(COC(F)F)CC1. The van der Waals surface area contributed by atoms with E-state index in [2.05, 4.69) is 4.74 Å². The van der Waals surface area contributed by atoms with Gasteiger partial charge in [-0.1, -0.05) is 0 Å². The van der Waals surface area contributed by atoms with Crippen molar-refractivity contribution in [2.24, 2.45) is 17.6 Å². The summed E-state index contributed by atoms with van der Waals surface area (Å²) in [4.78, 5) is 0. The van der Waals surface area contributed by atoms with E-state index in [0.717, 1.165) is 32.2 Å². The van der Waals surface area contributed by atoms with E-state index in [4.69, 9.17) is 5.73 Å². The number of hydrogen-bond donors (Lipinski definition) is 1. The average molecular weight is 193 g/mol. The maximum atomic E-state index is 11.7. The van der Waals surface area contributed by atoms with Crippen LogP contribution in [-0.4, -0.2) is 19.8 Å². The lowest BCUT2D eigenvalue weighted by molar-refractivity contribution is -0.140. The van der Waals surface area contributed by atoms with Gasteiger partial charge in [-0.15, -0.1) is 0 Å². The molecule has 0 unspecified atom stereocenters. The molecule has 1 aliphatic rings. The van der Waals surface area contributed by atoms with E-state index >= 15 is 0 Å². The van der Waals surface area contributed by atoms with Gasteiger partial charge in [-0.2, -0.15) is 8.78 Å². The van der Waals surface area contributed by atoms with Gasteiger partial charge in [0.05, 0.1) is 6.61 Å². The quantitative estimate of drug-likeness (QED) is 0.741. The number of rotatable bonds is 4. The van der Waals surface area contributed by atoms with Crippen molar-refractivity contribution in [2.45, 2.75) is 32.3 Å². The van der Waals surface area contributed by atoms with Crippen LogP contribution < -0.4 is 5.73 Å². The number of ether oxygens (including phenoxy) is 1. The smallest absolute Gasteiger partial charge is 0.330 e. The summed E-state index contributed by atoms with van der Waals surface area (Å²) in [7, 11) is 0. The van der Waals surface area contributed by atoms with Gasteiger partial charge in [0.25, 0.3) is 0 Å². The van der Waals surface area contributed by atoms with Crippen LogP contribution in [0.2, 0.25) is 0 Å². The highest BCUT2D eigenvalue weighted by atomic mass is 19.3. The second-order valence-corrected chi connectivity index (χ2v) is 3.72. The molecule has 1 aliphatic carbocycles. The molecule has 78 valence electrons. The van der Waals surface area contributed by atoms with Crippen molar-refractivity contribution in [3.05, 3.63) is 0 Å². The lowest BCUT2D eigenvalue weighted by Crippen LogP contribution is -2.24. The molecule has 0 atom stereocenters. The minimum absolute atomic E-state index is 0.203. The molecule has 0 amide bonds. The average Bonchev–Trinajstić information content (AvgIpc) is 2.15. The predicted molar refractivity (Wildman–Crippen MR) is 46.5 cm³/mol. The Balaban J connectivity index is 2.10. The number of hydrogen-bond acceptors (Lipinski definition) is 2. The highest BCUT2D eigenvalue weighted by Gasteiger charge is 2.21. The molecule has 1 saturated carbocycles. The van der Waals surface area contributed by atoms with Crippen molar-refractivity contribution >= 4 is 0 Å². The van der Waals surface area contributed by atoms with Crippen LogP contribution in [0.25, 0.3) is 0 Å². The van der Waals surface area contributed by atoms with Crippen molar-refractivity contribution in [3.8, 4) is 0 Å². The van der Waals surface area contributed by atoms with Crippen LogP contribution in [0, 0.1) is 11.8 Å². The Labute approximate surface area is 77.4 Å². The van der Waals surface area contributed by atoms with Crippen LogP contribution >= 0.6 is 0 Å². The van der Waals surface area contributed by atoms with Gasteiger partial charge in [-0.25, -0.2) is 0 Å². The number of nitrogens with two attached hydrogens (primary N) is 1. The maximum absolute atomic E-state index is 11.7. The molecule has 0 saturated heterocycles. The van der Waals surface area contributed by atoms with Crippen molar-refractivity contribution < 1.29 is 13.5 Å². The molecule has 0 heterocycles. The van der Waals surface area contributed by atoms with Crippen molar-refractivity contribution in [2.75, 3.05) is 13.2 Å². The first-order valence-corrected chi connectivity index (χ1v) is 4.82. The van der Waals surface area contributed by atoms with Gasteiger partial charge < -0.3 is 10.5 Å². The third kappa shape index (κ3) is 4.00. The van der Waals surface area contributed by atoms with Crippen molar-refractivity contribution in [3.63, 3.8) is 0 Å². The Morgan fingerprint density at radius 3 is 2.15 bits per heavy atom. The Morgan fingerprint density at radius 1 is 1.15 bits per heavy atom. The standard InChI is InChI=1S/C9H17F2NO/c10-9(11)13-6-8-3-1-7(5-12)2-4-8/h7-9H,1-6,12H2. The summed E-state index contributed by atoms with van der Waals surface area (Å²) < 4.78 is 27.7. The molecule has 0 spiro atoms. The third-order valence-corrected chi connectivity index (χ3v) is 2.76. The maximum Gasteiger partial charge on any atom is 0.345 e. The molecular formula is C9H17F2NO. The molecule has 0 aromatic heterocycles. The predicted octanol–water partition coefficient (Wildman–Crippen LogP) is 1.99. The Morgan fingerprint density at radius 2 is 1.69 bits per heavy atom. The van der Waals surface area contributed by atoms with Crippen LogP contribution in [-0.2, 0) is 4.74 Å². The van der Waals surface area contributed by atoms with Gasteiger partial charge in [0.1, 0.15) is 0 Å². The molecule has 0 radical (unpaired) electrons. The lowest BCUT2D eigenvalue weighted by atomic mass is 9.82. The highest BCUT2D eigenvalue weighted by molar-refractivity contribution is 4.72. The first-order valence-electron chi connectivity index (χ1n) is 4.82. The van der Waals surface area contributed by atoms with Gasteiger partial charge in [0.15, 0.2) is 0 Å². The van der Waals surface area contributed by atoms with E-state index < -0.39 is 6.61 Å². The first kappa shape index (κ1) is 10.9. The van der Waals surface area contributed by atoms with Crippen LogP contribution in [0.4, 0.5) is 8.78 Å². The normalized spacial score (nSPS) is 29.5. The zero-order valence-corrected chi connectivity index (χ0v) is 7.72. The monoisotopic (exact) mass is 193 g/mol. The van der Waals surface area contributed by atoms with E-state index in [1.54, 1.807) is 0 Å². The second-order valence-electron chi connectivity index (χ2n) is 3.72. The fraction of sp³-hybridized carbons (Fsp3) is 1.00. The molecule has 4 heteroatoms. The molecule has 2 nitrogen and oxygen atoms in total. The Kier molecular flexibility index (Phi) is 4.59. The summed E-state index contributed by atoms with van der Waals surface area (Å²) in [6, 6.07) is 0. The van der Waals surface area contributed by atoms with Crippen LogP contribution in [0.5, 0.6) is 0 Å². The summed E-state index contributed by atoms with van der Waals surface area (Å²) in [6.07, 6.45) is 4.09. The van der Waals surface area contributed by atoms with Crippen molar-refractivity contribution in [1.82, 2.24) is 0 Å². The lowest BCUT2D eigenvalue weighted by Gasteiger charge is -2.27. The Bertz CT molecular complexity index is 136. The highest BCUT2D eigenvalue weighted by Crippen LogP contribution is 2.28. The molecule has 2 N–H and O–H groups in total. The van der Waals surface area contributed by atoms with E-state index in [-0.39, 0.29) is 6.61 Å².